The number of nitrogens with one attached hydrogen (secondary N) is 1. The molecule has 1 aliphatic rings. The lowest BCUT2D eigenvalue weighted by Gasteiger charge is -2.32. The van der Waals surface area contributed by atoms with E-state index < -0.39 is 0 Å². The number of hydrogen-bond donors (Lipinski definition) is 1. The Kier molecular flexibility index (Phi) is 6.23. The molecule has 1 aromatic heterocycles. The molecule has 4 aromatic rings. The highest BCUT2D eigenvalue weighted by Gasteiger charge is 2.21. The van der Waals surface area contributed by atoms with E-state index in [0.29, 0.717) is 28.0 Å². The number of fused-ring (bicyclic) bond motifs is 1. The van der Waals surface area contributed by atoms with Gasteiger partial charge in [0.2, 0.25) is 0 Å². The highest BCUT2D eigenvalue weighted by Crippen LogP contribution is 2.16. The average Bonchev–Trinajstić information content (AvgIpc) is 2.86. The van der Waals surface area contributed by atoms with Crippen molar-refractivity contribution in [2.24, 2.45) is 0 Å². The predicted octanol–water partition coefficient (Wildman–Crippen LogP) is 4.09. The molecular formula is C28H28N4O2. The molecule has 0 saturated carbocycles. The van der Waals surface area contributed by atoms with Gasteiger partial charge in [-0.05, 0) is 61.7 Å². The van der Waals surface area contributed by atoms with Gasteiger partial charge in [-0.1, -0.05) is 42.5 Å². The van der Waals surface area contributed by atoms with E-state index in [1.807, 2.05) is 43.3 Å². The third-order valence-corrected chi connectivity index (χ3v) is 6.50. The molecule has 6 nitrogen and oxygen atoms in total. The van der Waals surface area contributed by atoms with Crippen LogP contribution in [0.2, 0.25) is 0 Å². The molecule has 0 unspecified atom stereocenters. The van der Waals surface area contributed by atoms with E-state index >= 15 is 0 Å². The molecule has 0 bridgehead atoms. The van der Waals surface area contributed by atoms with E-state index in [4.69, 9.17) is 0 Å². The van der Waals surface area contributed by atoms with E-state index in [9.17, 15) is 9.59 Å². The summed E-state index contributed by atoms with van der Waals surface area (Å²) < 4.78 is 1.59. The van der Waals surface area contributed by atoms with Crippen molar-refractivity contribution in [3.05, 3.63) is 106 Å². The number of carbonyl (C=O) groups is 1. The first-order chi connectivity index (χ1) is 16.6. The topological polar surface area (TPSA) is 67.2 Å². The fourth-order valence-electron chi connectivity index (χ4n) is 4.66. The van der Waals surface area contributed by atoms with Gasteiger partial charge in [-0.25, -0.2) is 4.98 Å². The number of likely N-dealkylation sites (tertiary alicyclic amines) is 1. The van der Waals surface area contributed by atoms with Gasteiger partial charge in [0.15, 0.2) is 0 Å². The lowest BCUT2D eigenvalue weighted by Crippen LogP contribution is -2.44. The van der Waals surface area contributed by atoms with Crippen molar-refractivity contribution in [3.63, 3.8) is 0 Å². The third kappa shape index (κ3) is 4.63. The summed E-state index contributed by atoms with van der Waals surface area (Å²) >= 11 is 0. The molecule has 1 N–H and O–H groups in total. The molecular weight excluding hydrogens is 424 g/mol. The minimum atomic E-state index is -0.109. The Morgan fingerprint density at radius 2 is 1.62 bits per heavy atom. The first-order valence-corrected chi connectivity index (χ1v) is 11.7. The minimum absolute atomic E-state index is 0.0752. The maximum Gasteiger partial charge on any atom is 0.265 e. The Morgan fingerprint density at radius 3 is 2.35 bits per heavy atom. The fraction of sp³-hybridized carbons (Fsp3) is 0.250. The van der Waals surface area contributed by atoms with Gasteiger partial charge >= 0.3 is 0 Å². The van der Waals surface area contributed by atoms with Crippen LogP contribution in [0.1, 0.15) is 34.6 Å². The molecule has 1 amide bonds. The number of rotatable bonds is 5. The van der Waals surface area contributed by atoms with Crippen LogP contribution in [0.5, 0.6) is 0 Å². The van der Waals surface area contributed by atoms with Crippen LogP contribution in [0.15, 0.2) is 83.7 Å². The molecule has 1 fully saturated rings. The molecule has 34 heavy (non-hydrogen) atoms. The van der Waals surface area contributed by atoms with Crippen molar-refractivity contribution in [3.8, 4) is 5.69 Å². The van der Waals surface area contributed by atoms with E-state index in [1.165, 1.54) is 5.56 Å². The van der Waals surface area contributed by atoms with E-state index in [2.05, 4.69) is 39.5 Å². The summed E-state index contributed by atoms with van der Waals surface area (Å²) in [6, 6.07) is 25.2. The maximum absolute atomic E-state index is 13.0. The molecule has 3 aromatic carbocycles. The zero-order valence-electron chi connectivity index (χ0n) is 19.3. The lowest BCUT2D eigenvalue weighted by atomic mass is 10.0. The number of aryl methyl sites for hydroxylation is 1. The number of hydrogen-bond acceptors (Lipinski definition) is 4. The SMILES string of the molecule is Cc1nc2ccccc2c(=O)n1-c1ccc(C(=O)NC2CCN(Cc3ccccc3)CC2)cc1. The van der Waals surface area contributed by atoms with E-state index in [0.717, 1.165) is 32.5 Å². The van der Waals surface area contributed by atoms with Crippen molar-refractivity contribution >= 4 is 16.8 Å². The normalized spacial score (nSPS) is 14.9. The van der Waals surface area contributed by atoms with Crippen LogP contribution in [-0.4, -0.2) is 39.5 Å². The summed E-state index contributed by atoms with van der Waals surface area (Å²) in [5, 5.41) is 3.76. The Morgan fingerprint density at radius 1 is 0.941 bits per heavy atom. The maximum atomic E-state index is 13.0. The fourth-order valence-corrected chi connectivity index (χ4v) is 4.66. The van der Waals surface area contributed by atoms with Crippen LogP contribution in [0, 0.1) is 6.92 Å². The van der Waals surface area contributed by atoms with Crippen molar-refractivity contribution in [1.29, 1.82) is 0 Å². The summed E-state index contributed by atoms with van der Waals surface area (Å²) in [5.41, 5.74) is 3.19. The highest BCUT2D eigenvalue weighted by atomic mass is 16.1. The van der Waals surface area contributed by atoms with Gasteiger partial charge in [0.25, 0.3) is 11.5 Å². The average molecular weight is 453 g/mol. The molecule has 1 saturated heterocycles. The molecule has 5 rings (SSSR count). The minimum Gasteiger partial charge on any atom is -0.349 e. The van der Waals surface area contributed by atoms with Gasteiger partial charge < -0.3 is 5.32 Å². The molecule has 2 heterocycles. The van der Waals surface area contributed by atoms with Crippen molar-refractivity contribution in [1.82, 2.24) is 19.8 Å². The quantitative estimate of drug-likeness (QED) is 0.495. The van der Waals surface area contributed by atoms with Crippen molar-refractivity contribution in [2.45, 2.75) is 32.4 Å². The zero-order chi connectivity index (χ0) is 23.5. The van der Waals surface area contributed by atoms with Crippen LogP contribution < -0.4 is 10.9 Å². The Balaban J connectivity index is 1.23. The number of aromatic nitrogens is 2. The second-order valence-corrected chi connectivity index (χ2v) is 8.87. The predicted molar refractivity (Wildman–Crippen MR) is 134 cm³/mol. The van der Waals surface area contributed by atoms with Gasteiger partial charge in [0.05, 0.1) is 16.6 Å². The lowest BCUT2D eigenvalue weighted by molar-refractivity contribution is 0.0909. The van der Waals surface area contributed by atoms with Crippen LogP contribution in [0.3, 0.4) is 0 Å². The summed E-state index contributed by atoms with van der Waals surface area (Å²) in [5.74, 6) is 0.539. The number of benzene rings is 3. The monoisotopic (exact) mass is 452 g/mol. The standard InChI is InChI=1S/C28H28N4O2/c1-20-29-26-10-6-5-9-25(26)28(34)32(20)24-13-11-22(12-14-24)27(33)30-23-15-17-31(18-16-23)19-21-7-3-2-4-8-21/h2-14,23H,15-19H2,1H3,(H,30,33). The molecule has 1 aliphatic heterocycles. The van der Waals surface area contributed by atoms with E-state index in [1.54, 1.807) is 22.8 Å². The van der Waals surface area contributed by atoms with Gasteiger partial charge in [0.1, 0.15) is 5.82 Å². The molecule has 172 valence electrons. The molecule has 0 spiro atoms. The Bertz CT molecular complexity index is 1360. The van der Waals surface area contributed by atoms with Crippen LogP contribution in [0.4, 0.5) is 0 Å². The molecule has 6 heteroatoms. The largest absolute Gasteiger partial charge is 0.349 e. The number of piperidine rings is 1. The van der Waals surface area contributed by atoms with E-state index in [-0.39, 0.29) is 17.5 Å². The summed E-state index contributed by atoms with van der Waals surface area (Å²) in [6.45, 7) is 4.70. The molecule has 0 aliphatic carbocycles. The van der Waals surface area contributed by atoms with Crippen molar-refractivity contribution < 1.29 is 4.79 Å². The number of nitrogens with zero attached hydrogens (tertiary/aromatic N) is 3. The second-order valence-electron chi connectivity index (χ2n) is 8.87. The summed E-state index contributed by atoms with van der Waals surface area (Å²) in [4.78, 5) is 32.8. The number of para-hydroxylation sites is 1. The second kappa shape index (κ2) is 9.61. The van der Waals surface area contributed by atoms with Gasteiger partial charge in [-0.15, -0.1) is 0 Å². The molecule has 0 radical (unpaired) electrons. The summed E-state index contributed by atoms with van der Waals surface area (Å²) in [7, 11) is 0. The van der Waals surface area contributed by atoms with Gasteiger partial charge in [0, 0.05) is 31.2 Å². The smallest absolute Gasteiger partial charge is 0.265 e. The first-order valence-electron chi connectivity index (χ1n) is 11.7. The van der Waals surface area contributed by atoms with Crippen LogP contribution in [-0.2, 0) is 6.54 Å². The zero-order valence-corrected chi connectivity index (χ0v) is 19.3. The number of amides is 1. The van der Waals surface area contributed by atoms with Gasteiger partial charge in [-0.2, -0.15) is 0 Å². The Labute approximate surface area is 198 Å². The first kappa shape index (κ1) is 22.0. The molecule has 0 atom stereocenters. The van der Waals surface area contributed by atoms with Gasteiger partial charge in [-0.3, -0.25) is 19.1 Å². The van der Waals surface area contributed by atoms with Crippen LogP contribution >= 0.6 is 0 Å². The summed E-state index contributed by atoms with van der Waals surface area (Å²) in [6.07, 6.45) is 1.88. The Hall–Kier alpha value is -3.77. The third-order valence-electron chi connectivity index (χ3n) is 6.50. The van der Waals surface area contributed by atoms with Crippen molar-refractivity contribution in [2.75, 3.05) is 13.1 Å². The number of carbonyl (C=O) groups excluding carboxylic acids is 1. The van der Waals surface area contributed by atoms with Crippen LogP contribution in [0.25, 0.3) is 16.6 Å². The highest BCUT2D eigenvalue weighted by molar-refractivity contribution is 5.94.